The molecule has 0 saturated heterocycles. The van der Waals surface area contributed by atoms with Crippen LogP contribution in [0.3, 0.4) is 0 Å². The molecule has 0 aliphatic carbocycles. The van der Waals surface area contributed by atoms with E-state index < -0.39 is 34.5 Å². The molecule has 0 fully saturated rings. The zero-order chi connectivity index (χ0) is 26.5. The summed E-state index contributed by atoms with van der Waals surface area (Å²) in [5, 5.41) is 11.2. The number of pyridine rings is 1. The van der Waals surface area contributed by atoms with Gasteiger partial charge in [0.05, 0.1) is 17.6 Å². The van der Waals surface area contributed by atoms with E-state index in [9.17, 15) is 32.3 Å². The van der Waals surface area contributed by atoms with Gasteiger partial charge in [0.1, 0.15) is 16.1 Å². The number of aromatic hydroxyl groups is 1. The van der Waals surface area contributed by atoms with E-state index in [1.807, 2.05) is 0 Å². The van der Waals surface area contributed by atoms with E-state index in [0.717, 1.165) is 24.3 Å². The quantitative estimate of drug-likeness (QED) is 0.181. The van der Waals surface area contributed by atoms with Crippen LogP contribution in [-0.4, -0.2) is 9.67 Å². The zero-order valence-electron chi connectivity index (χ0n) is 18.5. The molecule has 0 amide bonds. The molecular weight excluding hydrogens is 578 g/mol. The number of rotatable bonds is 4. The minimum absolute atomic E-state index is 0.0297. The molecule has 0 atom stereocenters. The summed E-state index contributed by atoms with van der Waals surface area (Å²) in [7, 11) is 0. The lowest BCUT2D eigenvalue weighted by atomic mass is 10.1. The third-order valence-electron chi connectivity index (χ3n) is 5.67. The smallest absolute Gasteiger partial charge is 0.416 e. The Morgan fingerprint density at radius 3 is 2.30 bits per heavy atom. The largest absolute Gasteiger partial charge is 0.505 e. The summed E-state index contributed by atoms with van der Waals surface area (Å²) in [6, 6.07) is 14.5. The topological polar surface area (TPSA) is 72.4 Å². The van der Waals surface area contributed by atoms with Gasteiger partial charge in [-0.25, -0.2) is 9.18 Å². The van der Waals surface area contributed by atoms with Crippen molar-refractivity contribution in [2.75, 3.05) is 0 Å². The molecule has 1 N–H and O–H groups in total. The van der Waals surface area contributed by atoms with Gasteiger partial charge in [0.25, 0.3) is 5.56 Å². The number of aromatic nitrogens is 1. The van der Waals surface area contributed by atoms with Gasteiger partial charge in [-0.2, -0.15) is 13.2 Å². The Morgan fingerprint density at radius 2 is 1.65 bits per heavy atom. The summed E-state index contributed by atoms with van der Waals surface area (Å²) in [6.45, 7) is 0.0297. The monoisotopic (exact) mass is 591 g/mol. The highest BCUT2D eigenvalue weighted by molar-refractivity contribution is 9.10. The number of hydrogen-bond donors (Lipinski definition) is 1. The van der Waals surface area contributed by atoms with Crippen LogP contribution in [0.15, 0.2) is 95.0 Å². The van der Waals surface area contributed by atoms with Crippen LogP contribution < -0.4 is 11.2 Å². The number of alkyl halides is 3. The van der Waals surface area contributed by atoms with Gasteiger partial charge in [-0.05, 0) is 60.2 Å². The highest BCUT2D eigenvalue weighted by Gasteiger charge is 2.30. The Kier molecular flexibility index (Phi) is 6.36. The number of hydrogen-bond acceptors (Lipinski definition) is 5. The Morgan fingerprint density at radius 1 is 0.973 bits per heavy atom. The first-order valence-electron chi connectivity index (χ1n) is 10.6. The molecule has 5 aromatic rings. The van der Waals surface area contributed by atoms with Gasteiger partial charge in [-0.3, -0.25) is 4.79 Å². The molecule has 3 aromatic carbocycles. The van der Waals surface area contributed by atoms with E-state index in [1.54, 1.807) is 18.2 Å². The molecule has 0 bridgehead atoms. The van der Waals surface area contributed by atoms with Crippen molar-refractivity contribution in [1.29, 1.82) is 0 Å². The third kappa shape index (κ3) is 4.76. The highest BCUT2D eigenvalue weighted by atomic mass is 79.9. The number of nitrogens with zero attached hydrogens (tertiary/aromatic N) is 1. The molecule has 5 rings (SSSR count). The van der Waals surface area contributed by atoms with Gasteiger partial charge in [0.15, 0.2) is 11.3 Å². The predicted octanol–water partition coefficient (Wildman–Crippen LogP) is 6.93. The SMILES string of the molecule is O=c1oc2c(c(O)c1Sc1ccc(C(F)(F)F)cc1)c(=O)n(Cc1ccc(F)cc1)c1cc(Br)ccc21. The second-order valence-electron chi connectivity index (χ2n) is 8.07. The highest BCUT2D eigenvalue weighted by Crippen LogP contribution is 2.38. The second-order valence-corrected chi connectivity index (χ2v) is 10.1. The van der Waals surface area contributed by atoms with Crippen molar-refractivity contribution < 1.29 is 27.1 Å². The summed E-state index contributed by atoms with van der Waals surface area (Å²) in [5.41, 5.74) is -1.59. The van der Waals surface area contributed by atoms with Crippen molar-refractivity contribution in [3.63, 3.8) is 0 Å². The van der Waals surface area contributed by atoms with Gasteiger partial charge < -0.3 is 14.1 Å². The summed E-state index contributed by atoms with van der Waals surface area (Å²) in [4.78, 5) is 26.4. The van der Waals surface area contributed by atoms with Crippen LogP contribution in [0.2, 0.25) is 0 Å². The molecule has 5 nitrogen and oxygen atoms in total. The Bertz CT molecular complexity index is 1780. The average Bonchev–Trinajstić information content (AvgIpc) is 2.85. The van der Waals surface area contributed by atoms with E-state index in [1.165, 1.54) is 28.8 Å². The lowest BCUT2D eigenvalue weighted by Gasteiger charge is -2.15. The van der Waals surface area contributed by atoms with E-state index in [2.05, 4.69) is 15.9 Å². The molecule has 0 aliphatic rings. The fourth-order valence-electron chi connectivity index (χ4n) is 3.91. The zero-order valence-corrected chi connectivity index (χ0v) is 20.9. The average molecular weight is 592 g/mol. The second kappa shape index (κ2) is 9.38. The maximum absolute atomic E-state index is 13.6. The first kappa shape index (κ1) is 25.1. The van der Waals surface area contributed by atoms with Crippen molar-refractivity contribution in [2.45, 2.75) is 22.5 Å². The normalized spacial score (nSPS) is 11.9. The van der Waals surface area contributed by atoms with Crippen molar-refractivity contribution in [3.05, 3.63) is 109 Å². The van der Waals surface area contributed by atoms with Gasteiger partial charge >= 0.3 is 11.8 Å². The molecule has 0 aliphatic heterocycles. The Labute approximate surface area is 218 Å². The van der Waals surface area contributed by atoms with E-state index >= 15 is 0 Å². The van der Waals surface area contributed by atoms with Gasteiger partial charge in [0, 0.05) is 14.8 Å². The molecule has 2 aromatic heterocycles. The lowest BCUT2D eigenvalue weighted by Crippen LogP contribution is -2.23. The summed E-state index contributed by atoms with van der Waals surface area (Å²) in [6.07, 6.45) is -4.53. The summed E-state index contributed by atoms with van der Waals surface area (Å²) >= 11 is 4.05. The van der Waals surface area contributed by atoms with Gasteiger partial charge in [-0.1, -0.05) is 39.8 Å². The minimum Gasteiger partial charge on any atom is -0.505 e. The van der Waals surface area contributed by atoms with Crippen LogP contribution in [0.5, 0.6) is 5.75 Å². The fourth-order valence-corrected chi connectivity index (χ4v) is 5.09. The molecule has 0 saturated carbocycles. The number of fused-ring (bicyclic) bond motifs is 3. The van der Waals surface area contributed by atoms with Gasteiger partial charge in [0.2, 0.25) is 0 Å². The summed E-state index contributed by atoms with van der Waals surface area (Å²) in [5.74, 6) is -1.08. The molecule has 0 spiro atoms. The molecule has 0 radical (unpaired) electrons. The predicted molar refractivity (Wildman–Crippen MR) is 135 cm³/mol. The molecular formula is C26H14BrF4NO4S. The van der Waals surface area contributed by atoms with Crippen molar-refractivity contribution in [1.82, 2.24) is 4.57 Å². The standard InChI is InChI=1S/C26H14BrF4NO4S/c27-15-5-10-18-19(11-15)32(12-13-1-6-16(28)7-2-13)24(34)20-21(33)23(25(35)36-22(18)20)37-17-8-3-14(4-9-17)26(29,30)31/h1-11,33H,12H2. The van der Waals surface area contributed by atoms with Crippen molar-refractivity contribution in [3.8, 4) is 5.75 Å². The maximum atomic E-state index is 13.6. The number of halogens is 5. The lowest BCUT2D eigenvalue weighted by molar-refractivity contribution is -0.137. The minimum atomic E-state index is -4.53. The fraction of sp³-hybridized carbons (Fsp3) is 0.0769. The maximum Gasteiger partial charge on any atom is 0.416 e. The summed E-state index contributed by atoms with van der Waals surface area (Å²) < 4.78 is 59.6. The van der Waals surface area contributed by atoms with Crippen LogP contribution in [0, 0.1) is 5.82 Å². The van der Waals surface area contributed by atoms with E-state index in [0.29, 0.717) is 32.7 Å². The van der Waals surface area contributed by atoms with E-state index in [-0.39, 0.29) is 27.3 Å². The van der Waals surface area contributed by atoms with Crippen molar-refractivity contribution >= 4 is 49.6 Å². The Hall–Kier alpha value is -3.57. The van der Waals surface area contributed by atoms with Crippen LogP contribution in [0.4, 0.5) is 17.6 Å². The first-order valence-corrected chi connectivity index (χ1v) is 12.3. The van der Waals surface area contributed by atoms with Gasteiger partial charge in [-0.15, -0.1) is 0 Å². The molecule has 0 unspecified atom stereocenters. The van der Waals surface area contributed by atoms with Crippen LogP contribution in [0.1, 0.15) is 11.1 Å². The molecule has 11 heteroatoms. The van der Waals surface area contributed by atoms with Crippen molar-refractivity contribution in [2.24, 2.45) is 0 Å². The third-order valence-corrected chi connectivity index (χ3v) is 7.23. The van der Waals surface area contributed by atoms with Crippen LogP contribution in [-0.2, 0) is 12.7 Å². The van der Waals surface area contributed by atoms with Crippen LogP contribution >= 0.6 is 27.7 Å². The van der Waals surface area contributed by atoms with E-state index in [4.69, 9.17) is 4.42 Å². The molecule has 2 heterocycles. The number of benzene rings is 3. The first-order chi connectivity index (χ1) is 17.5. The van der Waals surface area contributed by atoms with Crippen LogP contribution in [0.25, 0.3) is 21.9 Å². The molecule has 37 heavy (non-hydrogen) atoms. The Balaban J connectivity index is 1.71. The molecule has 188 valence electrons.